The monoisotopic (exact) mass is 352 g/mol. The zero-order valence-corrected chi connectivity index (χ0v) is 15.5. The Balaban J connectivity index is 1.42. The number of aromatic nitrogens is 1. The minimum atomic E-state index is 0.0311. The van der Waals surface area contributed by atoms with Crippen LogP contribution in [0.2, 0.25) is 0 Å². The van der Waals surface area contributed by atoms with Crippen molar-refractivity contribution in [2.24, 2.45) is 0 Å². The largest absolute Gasteiger partial charge is 0.357 e. The molecule has 1 aromatic heterocycles. The molecule has 3 rings (SSSR count). The van der Waals surface area contributed by atoms with Gasteiger partial charge in [0.1, 0.15) is 5.82 Å². The number of carbonyl (C=O) groups excluding carboxylic acids is 1. The van der Waals surface area contributed by atoms with E-state index < -0.39 is 0 Å². The first-order valence-corrected chi connectivity index (χ1v) is 9.40. The van der Waals surface area contributed by atoms with Crippen molar-refractivity contribution in [2.75, 3.05) is 31.6 Å². The highest BCUT2D eigenvalue weighted by Crippen LogP contribution is 2.17. The maximum Gasteiger partial charge on any atom is 0.234 e. The van der Waals surface area contributed by atoms with Crippen molar-refractivity contribution in [3.05, 3.63) is 59.8 Å². The molecular formula is C21H28N4O. The van der Waals surface area contributed by atoms with E-state index >= 15 is 0 Å². The summed E-state index contributed by atoms with van der Waals surface area (Å²) in [6.45, 7) is 3.85. The molecule has 1 amide bonds. The quantitative estimate of drug-likeness (QED) is 0.832. The highest BCUT2D eigenvalue weighted by molar-refractivity contribution is 5.77. The van der Waals surface area contributed by atoms with Crippen LogP contribution >= 0.6 is 0 Å². The van der Waals surface area contributed by atoms with Gasteiger partial charge in [-0.1, -0.05) is 36.4 Å². The minimum absolute atomic E-state index is 0.0311. The summed E-state index contributed by atoms with van der Waals surface area (Å²) in [4.78, 5) is 21.1. The van der Waals surface area contributed by atoms with Crippen molar-refractivity contribution in [2.45, 2.75) is 32.4 Å². The normalized spacial score (nSPS) is 14.5. The number of nitrogens with one attached hydrogen (secondary N) is 1. The van der Waals surface area contributed by atoms with Gasteiger partial charge in [-0.3, -0.25) is 9.69 Å². The highest BCUT2D eigenvalue weighted by Gasteiger charge is 2.12. The number of nitrogens with zero attached hydrogens (tertiary/aromatic N) is 3. The summed E-state index contributed by atoms with van der Waals surface area (Å²) in [5, 5.41) is 2.98. The van der Waals surface area contributed by atoms with Gasteiger partial charge >= 0.3 is 0 Å². The van der Waals surface area contributed by atoms with Crippen LogP contribution < -0.4 is 10.2 Å². The number of pyridine rings is 1. The number of hydrogen-bond acceptors (Lipinski definition) is 4. The van der Waals surface area contributed by atoms with Gasteiger partial charge in [-0.05, 0) is 43.5 Å². The summed E-state index contributed by atoms with van der Waals surface area (Å²) in [6.07, 6.45) is 5.68. The molecule has 0 saturated carbocycles. The average molecular weight is 352 g/mol. The first-order chi connectivity index (χ1) is 12.7. The van der Waals surface area contributed by atoms with Gasteiger partial charge in [0.05, 0.1) is 6.54 Å². The molecule has 5 nitrogen and oxygen atoms in total. The van der Waals surface area contributed by atoms with E-state index in [1.165, 1.54) is 24.8 Å². The Kier molecular flexibility index (Phi) is 6.61. The fourth-order valence-corrected chi connectivity index (χ4v) is 3.28. The second-order valence-corrected chi connectivity index (χ2v) is 7.01. The lowest BCUT2D eigenvalue weighted by molar-refractivity contribution is -0.122. The van der Waals surface area contributed by atoms with Crippen molar-refractivity contribution >= 4 is 11.7 Å². The molecule has 1 saturated heterocycles. The van der Waals surface area contributed by atoms with E-state index in [0.29, 0.717) is 13.1 Å². The lowest BCUT2D eigenvalue weighted by Crippen LogP contribution is -2.34. The molecule has 1 aliphatic heterocycles. The number of likely N-dealkylation sites (N-methyl/N-ethyl adjacent to an activating group) is 1. The van der Waals surface area contributed by atoms with Gasteiger partial charge in [-0.2, -0.15) is 0 Å². The van der Waals surface area contributed by atoms with Crippen molar-refractivity contribution in [1.29, 1.82) is 0 Å². The third kappa shape index (κ3) is 5.56. The van der Waals surface area contributed by atoms with Crippen molar-refractivity contribution in [3.8, 4) is 0 Å². The van der Waals surface area contributed by atoms with Gasteiger partial charge in [0.25, 0.3) is 0 Å². The third-order valence-electron chi connectivity index (χ3n) is 4.69. The van der Waals surface area contributed by atoms with Crippen LogP contribution in [0.1, 0.15) is 30.4 Å². The number of piperidine rings is 1. The summed E-state index contributed by atoms with van der Waals surface area (Å²) < 4.78 is 0. The van der Waals surface area contributed by atoms with E-state index in [-0.39, 0.29) is 5.91 Å². The molecule has 0 aliphatic carbocycles. The van der Waals surface area contributed by atoms with E-state index in [4.69, 9.17) is 0 Å². The first kappa shape index (κ1) is 18.4. The van der Waals surface area contributed by atoms with E-state index in [2.05, 4.69) is 39.5 Å². The number of anilines is 1. The van der Waals surface area contributed by atoms with Crippen molar-refractivity contribution < 1.29 is 4.79 Å². The van der Waals surface area contributed by atoms with Crippen LogP contribution in [0.3, 0.4) is 0 Å². The van der Waals surface area contributed by atoms with Gasteiger partial charge in [0.2, 0.25) is 5.91 Å². The number of hydrogen-bond donors (Lipinski definition) is 1. The first-order valence-electron chi connectivity index (χ1n) is 9.40. The summed E-state index contributed by atoms with van der Waals surface area (Å²) in [6, 6.07) is 14.3. The van der Waals surface area contributed by atoms with Crippen LogP contribution in [0.5, 0.6) is 0 Å². The van der Waals surface area contributed by atoms with Gasteiger partial charge in [-0.15, -0.1) is 0 Å². The summed E-state index contributed by atoms with van der Waals surface area (Å²) in [5.74, 6) is 1.07. The van der Waals surface area contributed by atoms with Gasteiger partial charge in [0.15, 0.2) is 0 Å². The predicted molar refractivity (Wildman–Crippen MR) is 105 cm³/mol. The molecule has 1 aromatic carbocycles. The fraction of sp³-hybridized carbons (Fsp3) is 0.429. The molecule has 0 radical (unpaired) electrons. The molecule has 0 bridgehead atoms. The molecule has 2 aromatic rings. The Labute approximate surface area is 156 Å². The fourth-order valence-electron chi connectivity index (χ4n) is 3.28. The Bertz CT molecular complexity index is 681. The predicted octanol–water partition coefficient (Wildman–Crippen LogP) is 2.82. The highest BCUT2D eigenvalue weighted by atomic mass is 16.2. The molecule has 26 heavy (non-hydrogen) atoms. The van der Waals surface area contributed by atoms with Crippen molar-refractivity contribution in [3.63, 3.8) is 0 Å². The topological polar surface area (TPSA) is 48.5 Å². The van der Waals surface area contributed by atoms with Crippen LogP contribution in [0.15, 0.2) is 48.7 Å². The maximum atomic E-state index is 12.1. The summed E-state index contributed by atoms with van der Waals surface area (Å²) >= 11 is 0. The Hall–Kier alpha value is -2.40. The lowest BCUT2D eigenvalue weighted by Gasteiger charge is -2.27. The zero-order chi connectivity index (χ0) is 18.2. The van der Waals surface area contributed by atoms with E-state index in [1.807, 2.05) is 36.3 Å². The average Bonchev–Trinajstić information content (AvgIpc) is 2.68. The third-order valence-corrected chi connectivity index (χ3v) is 4.69. The number of benzene rings is 1. The molecule has 0 spiro atoms. The molecule has 138 valence electrons. The molecule has 1 aliphatic rings. The standard InChI is InChI=1S/C21H28N4O/c1-24(16-18-8-4-2-5-9-18)17-21(26)23-15-19-10-11-20(22-14-19)25-12-6-3-7-13-25/h2,4-5,8-11,14H,3,6-7,12-13,15-17H2,1H3,(H,23,26). The maximum absolute atomic E-state index is 12.1. The molecule has 1 fully saturated rings. The zero-order valence-electron chi connectivity index (χ0n) is 15.5. The second-order valence-electron chi connectivity index (χ2n) is 7.01. The Morgan fingerprint density at radius 2 is 1.85 bits per heavy atom. The van der Waals surface area contributed by atoms with Gasteiger partial charge in [0, 0.05) is 32.4 Å². The van der Waals surface area contributed by atoms with E-state index in [9.17, 15) is 4.79 Å². The van der Waals surface area contributed by atoms with E-state index in [0.717, 1.165) is 31.0 Å². The molecule has 1 N–H and O–H groups in total. The summed E-state index contributed by atoms with van der Waals surface area (Å²) in [7, 11) is 1.96. The van der Waals surface area contributed by atoms with Gasteiger partial charge < -0.3 is 10.2 Å². The van der Waals surface area contributed by atoms with Gasteiger partial charge in [-0.25, -0.2) is 4.98 Å². The minimum Gasteiger partial charge on any atom is -0.357 e. The molecule has 0 unspecified atom stereocenters. The van der Waals surface area contributed by atoms with Crippen molar-refractivity contribution in [1.82, 2.24) is 15.2 Å². The van der Waals surface area contributed by atoms with Crippen LogP contribution in [0.4, 0.5) is 5.82 Å². The molecule has 5 heteroatoms. The second kappa shape index (κ2) is 9.34. The SMILES string of the molecule is CN(CC(=O)NCc1ccc(N2CCCCC2)nc1)Cc1ccccc1. The molecular weight excluding hydrogens is 324 g/mol. The van der Waals surface area contributed by atoms with Crippen LogP contribution in [0, 0.1) is 0 Å². The lowest BCUT2D eigenvalue weighted by atomic mass is 10.1. The number of rotatable bonds is 7. The Morgan fingerprint density at radius 1 is 1.08 bits per heavy atom. The Morgan fingerprint density at radius 3 is 2.54 bits per heavy atom. The van der Waals surface area contributed by atoms with Crippen LogP contribution in [0.25, 0.3) is 0 Å². The molecule has 2 heterocycles. The smallest absolute Gasteiger partial charge is 0.234 e. The summed E-state index contributed by atoms with van der Waals surface area (Å²) in [5.41, 5.74) is 2.24. The van der Waals surface area contributed by atoms with E-state index in [1.54, 1.807) is 0 Å². The number of amides is 1. The van der Waals surface area contributed by atoms with Crippen LogP contribution in [-0.4, -0.2) is 42.5 Å². The molecule has 0 atom stereocenters. The number of carbonyl (C=O) groups is 1. The van der Waals surface area contributed by atoms with Crippen LogP contribution in [-0.2, 0) is 17.9 Å².